The van der Waals surface area contributed by atoms with Crippen LogP contribution in [0, 0.1) is 5.92 Å². The topological polar surface area (TPSA) is 20.3 Å². The number of hydrogen-bond acceptors (Lipinski definition) is 3. The summed E-state index contributed by atoms with van der Waals surface area (Å²) in [5.41, 5.74) is 0. The Labute approximate surface area is 88.4 Å². The van der Waals surface area contributed by atoms with Crippen molar-refractivity contribution in [3.05, 3.63) is 11.0 Å². The van der Waals surface area contributed by atoms with E-state index in [2.05, 4.69) is 13.8 Å². The molecule has 13 heavy (non-hydrogen) atoms. The normalized spacial score (nSPS) is 20.9. The Morgan fingerprint density at radius 3 is 2.62 bits per heavy atom. The maximum Gasteiger partial charge on any atom is 0.265 e. The van der Waals surface area contributed by atoms with E-state index in [9.17, 15) is 4.79 Å². The zero-order valence-electron chi connectivity index (χ0n) is 8.03. The van der Waals surface area contributed by atoms with Gasteiger partial charge in [-0.2, -0.15) is 0 Å². The van der Waals surface area contributed by atoms with Crippen molar-refractivity contribution < 1.29 is 4.79 Å². The Morgan fingerprint density at radius 2 is 2.23 bits per heavy atom. The molecule has 0 aromatic heterocycles. The number of thiocarbonyl (C=S) groups is 1. The molecule has 0 bridgehead atoms. The predicted octanol–water partition coefficient (Wildman–Crippen LogP) is 2.41. The van der Waals surface area contributed by atoms with Gasteiger partial charge in [-0.05, 0) is 12.8 Å². The summed E-state index contributed by atoms with van der Waals surface area (Å²) < 4.78 is 0.680. The minimum Gasteiger partial charge on any atom is -0.293 e. The van der Waals surface area contributed by atoms with E-state index in [4.69, 9.17) is 12.2 Å². The first-order valence-corrected chi connectivity index (χ1v) is 5.54. The Kier molecular flexibility index (Phi) is 3.50. The molecule has 2 nitrogen and oxygen atoms in total. The minimum absolute atomic E-state index is 0.0613. The highest BCUT2D eigenvalue weighted by molar-refractivity contribution is 8.26. The molecule has 1 aliphatic heterocycles. The minimum atomic E-state index is 0.0613. The quantitative estimate of drug-likeness (QED) is 0.521. The van der Waals surface area contributed by atoms with Crippen LogP contribution in [-0.2, 0) is 4.79 Å². The van der Waals surface area contributed by atoms with Crippen molar-refractivity contribution in [2.45, 2.75) is 20.8 Å². The summed E-state index contributed by atoms with van der Waals surface area (Å²) >= 11 is 6.48. The number of amides is 1. The molecule has 0 radical (unpaired) electrons. The van der Waals surface area contributed by atoms with Gasteiger partial charge in [-0.1, -0.05) is 43.9 Å². The van der Waals surface area contributed by atoms with Crippen LogP contribution in [0.4, 0.5) is 0 Å². The smallest absolute Gasteiger partial charge is 0.265 e. The fourth-order valence-electron chi connectivity index (χ4n) is 1.09. The highest BCUT2D eigenvalue weighted by Gasteiger charge is 2.30. The van der Waals surface area contributed by atoms with E-state index in [1.165, 1.54) is 11.8 Å². The summed E-state index contributed by atoms with van der Waals surface area (Å²) in [7, 11) is 0. The van der Waals surface area contributed by atoms with Gasteiger partial charge < -0.3 is 0 Å². The molecular formula is C9H13NOS2. The Balaban J connectivity index is 2.85. The fraction of sp³-hybridized carbons (Fsp3) is 0.556. The first kappa shape index (κ1) is 10.7. The van der Waals surface area contributed by atoms with Gasteiger partial charge in [0.05, 0.1) is 4.91 Å². The summed E-state index contributed by atoms with van der Waals surface area (Å²) in [6.45, 7) is 6.71. The van der Waals surface area contributed by atoms with Crippen LogP contribution in [-0.4, -0.2) is 21.7 Å². The number of carbonyl (C=O) groups is 1. The molecule has 0 aromatic carbocycles. The lowest BCUT2D eigenvalue weighted by Crippen LogP contribution is -2.27. The van der Waals surface area contributed by atoms with E-state index in [-0.39, 0.29) is 5.91 Å². The van der Waals surface area contributed by atoms with Gasteiger partial charge in [0.2, 0.25) is 0 Å². The van der Waals surface area contributed by atoms with Crippen molar-refractivity contribution in [2.24, 2.45) is 5.92 Å². The average molecular weight is 215 g/mol. The standard InChI is InChI=1S/C9H13NOS2/c1-4-10-8(11)7(5-6(2)3)13-9(10)12/h5-6H,4H2,1-3H3/b7-5+. The van der Waals surface area contributed by atoms with E-state index < -0.39 is 0 Å². The van der Waals surface area contributed by atoms with Gasteiger partial charge in [0.15, 0.2) is 0 Å². The van der Waals surface area contributed by atoms with Crippen LogP contribution in [0.25, 0.3) is 0 Å². The molecule has 0 aliphatic carbocycles. The summed E-state index contributed by atoms with van der Waals surface area (Å²) in [4.78, 5) is 14.0. The van der Waals surface area contributed by atoms with Crippen molar-refractivity contribution in [1.82, 2.24) is 4.90 Å². The van der Waals surface area contributed by atoms with E-state index >= 15 is 0 Å². The highest BCUT2D eigenvalue weighted by atomic mass is 32.2. The predicted molar refractivity (Wildman–Crippen MR) is 60.5 cm³/mol. The largest absolute Gasteiger partial charge is 0.293 e. The molecule has 1 fully saturated rings. The zero-order chi connectivity index (χ0) is 10.0. The molecule has 0 unspecified atom stereocenters. The van der Waals surface area contributed by atoms with Crippen molar-refractivity contribution in [1.29, 1.82) is 0 Å². The van der Waals surface area contributed by atoms with E-state index in [0.29, 0.717) is 16.8 Å². The molecule has 4 heteroatoms. The maximum atomic E-state index is 11.6. The van der Waals surface area contributed by atoms with Gasteiger partial charge in [-0.3, -0.25) is 9.69 Å². The van der Waals surface area contributed by atoms with Gasteiger partial charge >= 0.3 is 0 Å². The number of rotatable bonds is 2. The molecule has 0 N–H and O–H groups in total. The van der Waals surface area contributed by atoms with Gasteiger partial charge in [-0.25, -0.2) is 0 Å². The third kappa shape index (κ3) is 2.31. The second-order valence-electron chi connectivity index (χ2n) is 3.19. The average Bonchev–Trinajstić information content (AvgIpc) is 2.26. The van der Waals surface area contributed by atoms with E-state index in [1.807, 2.05) is 13.0 Å². The second-order valence-corrected chi connectivity index (χ2v) is 4.87. The second kappa shape index (κ2) is 4.24. The van der Waals surface area contributed by atoms with Crippen molar-refractivity contribution in [3.8, 4) is 0 Å². The lowest BCUT2D eigenvalue weighted by Gasteiger charge is -2.09. The van der Waals surface area contributed by atoms with Gasteiger partial charge in [0, 0.05) is 6.54 Å². The number of allylic oxidation sites excluding steroid dienone is 1. The lowest BCUT2D eigenvalue weighted by molar-refractivity contribution is -0.122. The number of nitrogens with zero attached hydrogens (tertiary/aromatic N) is 1. The molecule has 1 aliphatic rings. The van der Waals surface area contributed by atoms with Crippen LogP contribution in [0.1, 0.15) is 20.8 Å². The van der Waals surface area contributed by atoms with Crippen LogP contribution >= 0.6 is 24.0 Å². The first-order valence-electron chi connectivity index (χ1n) is 4.31. The summed E-state index contributed by atoms with van der Waals surface area (Å²) in [5.74, 6) is 0.456. The SMILES string of the molecule is CCN1C(=O)/C(=C\C(C)C)SC1=S. The maximum absolute atomic E-state index is 11.6. The van der Waals surface area contributed by atoms with Crippen LogP contribution in [0.15, 0.2) is 11.0 Å². The van der Waals surface area contributed by atoms with E-state index in [0.717, 1.165) is 4.91 Å². The number of hydrogen-bond donors (Lipinski definition) is 0. The zero-order valence-corrected chi connectivity index (χ0v) is 9.67. The Hall–Kier alpha value is -0.350. The summed E-state index contributed by atoms with van der Waals surface area (Å²) in [6.07, 6.45) is 1.97. The Morgan fingerprint density at radius 1 is 1.62 bits per heavy atom. The third-order valence-corrected chi connectivity index (χ3v) is 3.07. The molecule has 1 saturated heterocycles. The van der Waals surface area contributed by atoms with Crippen molar-refractivity contribution in [2.75, 3.05) is 6.54 Å². The fourth-order valence-corrected chi connectivity index (χ4v) is 2.62. The monoisotopic (exact) mass is 215 g/mol. The van der Waals surface area contributed by atoms with Crippen LogP contribution < -0.4 is 0 Å². The molecule has 0 spiro atoms. The number of likely N-dealkylation sites (N-methyl/N-ethyl adjacent to an activating group) is 1. The molecule has 0 atom stereocenters. The highest BCUT2D eigenvalue weighted by Crippen LogP contribution is 2.31. The van der Waals surface area contributed by atoms with Gasteiger partial charge in [-0.15, -0.1) is 0 Å². The number of thioether (sulfide) groups is 1. The van der Waals surface area contributed by atoms with Crippen LogP contribution in [0.3, 0.4) is 0 Å². The van der Waals surface area contributed by atoms with Gasteiger partial charge in [0.1, 0.15) is 4.32 Å². The van der Waals surface area contributed by atoms with Crippen molar-refractivity contribution in [3.63, 3.8) is 0 Å². The molecule has 1 heterocycles. The summed E-state index contributed by atoms with van der Waals surface area (Å²) in [6, 6.07) is 0. The Bertz CT molecular complexity index is 271. The number of carbonyl (C=O) groups excluding carboxylic acids is 1. The third-order valence-electron chi connectivity index (χ3n) is 1.67. The molecule has 0 aromatic rings. The van der Waals surface area contributed by atoms with Crippen LogP contribution in [0.2, 0.25) is 0 Å². The first-order chi connectivity index (χ1) is 6.06. The molecule has 1 amide bonds. The lowest BCUT2D eigenvalue weighted by atomic mass is 10.2. The molecule has 1 rings (SSSR count). The molecule has 0 saturated carbocycles. The van der Waals surface area contributed by atoms with Crippen LogP contribution in [0.5, 0.6) is 0 Å². The van der Waals surface area contributed by atoms with E-state index in [1.54, 1.807) is 4.90 Å². The summed E-state index contributed by atoms with van der Waals surface area (Å²) in [5, 5.41) is 0. The molecular weight excluding hydrogens is 202 g/mol. The van der Waals surface area contributed by atoms with Crippen molar-refractivity contribution >= 4 is 34.2 Å². The molecule has 72 valence electrons. The van der Waals surface area contributed by atoms with Gasteiger partial charge in [0.25, 0.3) is 5.91 Å².